The van der Waals surface area contributed by atoms with E-state index in [1.54, 1.807) is 0 Å². The van der Waals surface area contributed by atoms with Crippen LogP contribution in [0.4, 0.5) is 19.0 Å². The molecule has 0 amide bonds. The zero-order chi connectivity index (χ0) is 15.7. The number of hydrogen-bond acceptors (Lipinski definition) is 4. The molecule has 0 spiro atoms. The summed E-state index contributed by atoms with van der Waals surface area (Å²) in [5.74, 6) is -0.148. The van der Waals surface area contributed by atoms with Crippen molar-refractivity contribution in [2.24, 2.45) is 0 Å². The van der Waals surface area contributed by atoms with Gasteiger partial charge < -0.3 is 4.90 Å². The first kappa shape index (κ1) is 16.0. The molecule has 1 saturated heterocycles. The maximum Gasteiger partial charge on any atom is 0.419 e. The molecule has 118 valence electrons. The van der Waals surface area contributed by atoms with Gasteiger partial charge in [-0.2, -0.15) is 13.2 Å². The predicted molar refractivity (Wildman–Crippen MR) is 72.5 cm³/mol. The number of sulfonamides is 1. The lowest BCUT2D eigenvalue weighted by molar-refractivity contribution is -0.137. The highest BCUT2D eigenvalue weighted by Crippen LogP contribution is 2.35. The van der Waals surface area contributed by atoms with E-state index in [1.165, 1.54) is 17.2 Å². The van der Waals surface area contributed by atoms with Crippen molar-refractivity contribution < 1.29 is 21.6 Å². The number of nitrogens with one attached hydrogen (secondary N) is 1. The van der Waals surface area contributed by atoms with Gasteiger partial charge in [0.15, 0.2) is 0 Å². The molecule has 0 aliphatic carbocycles. The van der Waals surface area contributed by atoms with Crippen LogP contribution in [0.15, 0.2) is 18.3 Å². The fourth-order valence-electron chi connectivity index (χ4n) is 2.44. The molecule has 0 aromatic carbocycles. The first-order valence-corrected chi connectivity index (χ1v) is 8.30. The number of halogens is 3. The van der Waals surface area contributed by atoms with Gasteiger partial charge in [0.25, 0.3) is 0 Å². The first-order valence-electron chi connectivity index (χ1n) is 6.41. The number of aromatic nitrogens is 1. The van der Waals surface area contributed by atoms with Gasteiger partial charge >= 0.3 is 6.18 Å². The SMILES string of the molecule is CS(=O)(=O)NC1CCCN(c2ncccc2C(F)(F)F)C1. The van der Waals surface area contributed by atoms with Crippen molar-refractivity contribution in [1.82, 2.24) is 9.71 Å². The van der Waals surface area contributed by atoms with Crippen LogP contribution in [0.5, 0.6) is 0 Å². The summed E-state index contributed by atoms with van der Waals surface area (Å²) in [6, 6.07) is 1.81. The van der Waals surface area contributed by atoms with E-state index in [1.807, 2.05) is 0 Å². The number of alkyl halides is 3. The molecule has 0 radical (unpaired) electrons. The van der Waals surface area contributed by atoms with E-state index < -0.39 is 27.8 Å². The van der Waals surface area contributed by atoms with Gasteiger partial charge in [-0.05, 0) is 25.0 Å². The van der Waals surface area contributed by atoms with E-state index in [0.717, 1.165) is 12.3 Å². The van der Waals surface area contributed by atoms with Gasteiger partial charge in [-0.25, -0.2) is 18.1 Å². The second-order valence-corrected chi connectivity index (χ2v) is 6.83. The van der Waals surface area contributed by atoms with Crippen molar-refractivity contribution >= 4 is 15.8 Å². The number of rotatable bonds is 3. The first-order chi connectivity index (χ1) is 9.67. The highest BCUT2D eigenvalue weighted by molar-refractivity contribution is 7.88. The Morgan fingerprint density at radius 1 is 1.43 bits per heavy atom. The summed E-state index contributed by atoms with van der Waals surface area (Å²) in [5, 5.41) is 0. The predicted octanol–water partition coefficient (Wildman–Crippen LogP) is 1.62. The lowest BCUT2D eigenvalue weighted by atomic mass is 10.1. The molecule has 1 fully saturated rings. The van der Waals surface area contributed by atoms with Crippen LogP contribution in [0, 0.1) is 0 Å². The van der Waals surface area contributed by atoms with Crippen LogP contribution in [0.25, 0.3) is 0 Å². The monoisotopic (exact) mass is 323 g/mol. The standard InChI is InChI=1S/C12H16F3N3O2S/c1-21(19,20)17-9-4-3-7-18(8-9)11-10(12(13,14)15)5-2-6-16-11/h2,5-6,9,17H,3-4,7-8H2,1H3. The fraction of sp³-hybridized carbons (Fsp3) is 0.583. The Hall–Kier alpha value is -1.35. The van der Waals surface area contributed by atoms with E-state index in [-0.39, 0.29) is 12.4 Å². The minimum atomic E-state index is -4.49. The molecule has 1 atom stereocenters. The van der Waals surface area contributed by atoms with Crippen molar-refractivity contribution in [1.29, 1.82) is 0 Å². The number of anilines is 1. The van der Waals surface area contributed by atoms with Crippen LogP contribution in [-0.2, 0) is 16.2 Å². The molecular weight excluding hydrogens is 307 g/mol. The average molecular weight is 323 g/mol. The van der Waals surface area contributed by atoms with E-state index in [4.69, 9.17) is 0 Å². The van der Waals surface area contributed by atoms with Crippen LogP contribution in [0.2, 0.25) is 0 Å². The van der Waals surface area contributed by atoms with Crippen molar-refractivity contribution in [3.8, 4) is 0 Å². The molecule has 1 N–H and O–H groups in total. The van der Waals surface area contributed by atoms with Gasteiger partial charge in [-0.3, -0.25) is 0 Å². The average Bonchev–Trinajstić information content (AvgIpc) is 2.36. The van der Waals surface area contributed by atoms with E-state index in [0.29, 0.717) is 19.4 Å². The quantitative estimate of drug-likeness (QED) is 0.918. The minimum Gasteiger partial charge on any atom is -0.355 e. The largest absolute Gasteiger partial charge is 0.419 e. The third-order valence-electron chi connectivity index (χ3n) is 3.19. The van der Waals surface area contributed by atoms with Gasteiger partial charge in [0.2, 0.25) is 10.0 Å². The van der Waals surface area contributed by atoms with Gasteiger partial charge in [0.05, 0.1) is 11.8 Å². The van der Waals surface area contributed by atoms with Gasteiger partial charge in [-0.15, -0.1) is 0 Å². The molecule has 1 aromatic heterocycles. The van der Waals surface area contributed by atoms with E-state index in [9.17, 15) is 21.6 Å². The lowest BCUT2D eigenvalue weighted by Crippen LogP contribution is -2.48. The third kappa shape index (κ3) is 4.31. The summed E-state index contributed by atoms with van der Waals surface area (Å²) in [4.78, 5) is 5.31. The highest BCUT2D eigenvalue weighted by atomic mass is 32.2. The molecule has 0 saturated carbocycles. The number of nitrogens with zero attached hydrogens (tertiary/aromatic N) is 2. The zero-order valence-electron chi connectivity index (χ0n) is 11.4. The van der Waals surface area contributed by atoms with Crippen molar-refractivity contribution in [3.05, 3.63) is 23.9 Å². The van der Waals surface area contributed by atoms with Gasteiger partial charge in [-0.1, -0.05) is 0 Å². The number of pyridine rings is 1. The summed E-state index contributed by atoms with van der Waals surface area (Å²) in [5.41, 5.74) is -0.801. The Morgan fingerprint density at radius 3 is 2.76 bits per heavy atom. The molecule has 2 rings (SSSR count). The Labute approximate surface area is 121 Å². The zero-order valence-corrected chi connectivity index (χ0v) is 12.2. The lowest BCUT2D eigenvalue weighted by Gasteiger charge is -2.34. The molecular formula is C12H16F3N3O2S. The summed E-state index contributed by atoms with van der Waals surface area (Å²) in [6.45, 7) is 0.592. The number of piperidine rings is 1. The maximum atomic E-state index is 13.0. The fourth-order valence-corrected chi connectivity index (χ4v) is 3.24. The number of hydrogen-bond donors (Lipinski definition) is 1. The van der Waals surface area contributed by atoms with Crippen molar-refractivity contribution in [2.45, 2.75) is 25.1 Å². The van der Waals surface area contributed by atoms with Crippen molar-refractivity contribution in [2.75, 3.05) is 24.2 Å². The Bertz CT molecular complexity index is 604. The van der Waals surface area contributed by atoms with Crippen LogP contribution >= 0.6 is 0 Å². The minimum absolute atomic E-state index is 0.148. The topological polar surface area (TPSA) is 62.3 Å². The molecule has 21 heavy (non-hydrogen) atoms. The molecule has 1 unspecified atom stereocenters. The molecule has 0 bridgehead atoms. The normalized spacial score (nSPS) is 20.6. The smallest absolute Gasteiger partial charge is 0.355 e. The third-order valence-corrected chi connectivity index (χ3v) is 3.96. The maximum absolute atomic E-state index is 13.0. The molecule has 2 heterocycles. The second-order valence-electron chi connectivity index (χ2n) is 5.05. The highest BCUT2D eigenvalue weighted by Gasteiger charge is 2.36. The van der Waals surface area contributed by atoms with Gasteiger partial charge in [0, 0.05) is 25.3 Å². The van der Waals surface area contributed by atoms with Crippen LogP contribution in [0.3, 0.4) is 0 Å². The summed E-state index contributed by atoms with van der Waals surface area (Å²) in [7, 11) is -3.39. The molecule has 1 aromatic rings. The summed E-state index contributed by atoms with van der Waals surface area (Å²) in [6.07, 6.45) is -0.953. The second kappa shape index (κ2) is 5.80. The molecule has 1 aliphatic heterocycles. The van der Waals surface area contributed by atoms with Crippen LogP contribution in [0.1, 0.15) is 18.4 Å². The molecule has 9 heteroatoms. The molecule has 5 nitrogen and oxygen atoms in total. The van der Waals surface area contributed by atoms with Crippen LogP contribution in [-0.4, -0.2) is 38.8 Å². The van der Waals surface area contributed by atoms with Gasteiger partial charge in [0.1, 0.15) is 5.82 Å². The van der Waals surface area contributed by atoms with E-state index in [2.05, 4.69) is 9.71 Å². The summed E-state index contributed by atoms with van der Waals surface area (Å²) >= 11 is 0. The Morgan fingerprint density at radius 2 is 2.14 bits per heavy atom. The van der Waals surface area contributed by atoms with E-state index >= 15 is 0 Å². The van der Waals surface area contributed by atoms with Crippen LogP contribution < -0.4 is 9.62 Å². The molecule has 1 aliphatic rings. The Balaban J connectivity index is 2.23. The Kier molecular flexibility index (Phi) is 4.43. The van der Waals surface area contributed by atoms with Crippen molar-refractivity contribution in [3.63, 3.8) is 0 Å². The summed E-state index contributed by atoms with van der Waals surface area (Å²) < 4.78 is 63.9.